The van der Waals surface area contributed by atoms with Crippen molar-refractivity contribution in [3.05, 3.63) is 65.2 Å². The Balaban J connectivity index is 1.76. The summed E-state index contributed by atoms with van der Waals surface area (Å²) in [5.74, 6) is -0.0419. The van der Waals surface area contributed by atoms with E-state index in [2.05, 4.69) is 25.2 Å². The summed E-state index contributed by atoms with van der Waals surface area (Å²) in [5.41, 5.74) is 4.28. The van der Waals surface area contributed by atoms with Crippen molar-refractivity contribution < 1.29 is 19.2 Å². The molecule has 142 valence electrons. The summed E-state index contributed by atoms with van der Waals surface area (Å²) in [6.07, 6.45) is 0.591. The van der Waals surface area contributed by atoms with Gasteiger partial charge >= 0.3 is 5.97 Å². The molecule has 1 heterocycles. The van der Waals surface area contributed by atoms with Crippen molar-refractivity contribution in [2.45, 2.75) is 38.8 Å². The molecule has 3 rings (SSSR count). The number of quaternary nitrogens is 1. The molecule has 1 aliphatic rings. The van der Waals surface area contributed by atoms with Crippen LogP contribution in [0.4, 0.5) is 5.69 Å². The number of anilines is 1. The molecule has 2 aromatic rings. The van der Waals surface area contributed by atoms with E-state index in [4.69, 9.17) is 4.74 Å². The van der Waals surface area contributed by atoms with Gasteiger partial charge in [0.15, 0.2) is 12.6 Å². The highest BCUT2D eigenvalue weighted by molar-refractivity contribution is 5.92. The molecule has 5 heteroatoms. The number of nitrogens with one attached hydrogen (secondary N) is 2. The van der Waals surface area contributed by atoms with Gasteiger partial charge in [-0.05, 0) is 23.1 Å². The van der Waals surface area contributed by atoms with E-state index in [1.165, 1.54) is 12.7 Å². The molecule has 1 amide bonds. The average Bonchev–Trinajstić information content (AvgIpc) is 2.67. The van der Waals surface area contributed by atoms with E-state index in [9.17, 15) is 9.59 Å². The number of hydrogen-bond donors (Lipinski definition) is 2. The summed E-state index contributed by atoms with van der Waals surface area (Å²) in [7, 11) is 1.40. The number of rotatable bonds is 5. The number of fused-ring (bicyclic) bond motifs is 1. The lowest BCUT2D eigenvalue weighted by atomic mass is 9.94. The van der Waals surface area contributed by atoms with Gasteiger partial charge in [-0.1, -0.05) is 56.3 Å². The molecule has 1 aliphatic heterocycles. The summed E-state index contributed by atoms with van der Waals surface area (Å²) in [6.45, 7) is 5.06. The van der Waals surface area contributed by atoms with Gasteiger partial charge in [-0.3, -0.25) is 4.79 Å². The van der Waals surface area contributed by atoms with Crippen molar-refractivity contribution in [3.8, 4) is 0 Å². The highest BCUT2D eigenvalue weighted by Crippen LogP contribution is 2.23. The van der Waals surface area contributed by atoms with Crippen molar-refractivity contribution in [3.63, 3.8) is 0 Å². The normalized spacial score (nSPS) is 18.7. The molecule has 0 fully saturated rings. The third-order valence-electron chi connectivity index (χ3n) is 5.18. The number of amides is 1. The third-order valence-corrected chi connectivity index (χ3v) is 5.18. The molecule has 2 N–H and O–H groups in total. The van der Waals surface area contributed by atoms with Gasteiger partial charge in [-0.25, -0.2) is 4.79 Å². The van der Waals surface area contributed by atoms with Gasteiger partial charge in [-0.2, -0.15) is 0 Å². The molecule has 2 atom stereocenters. The van der Waals surface area contributed by atoms with Crippen LogP contribution in [0.3, 0.4) is 0 Å². The Morgan fingerprint density at radius 3 is 2.48 bits per heavy atom. The first-order chi connectivity index (χ1) is 13.0. The summed E-state index contributed by atoms with van der Waals surface area (Å²) < 4.78 is 4.99. The Hall–Kier alpha value is -2.66. The highest BCUT2D eigenvalue weighted by atomic mass is 16.5. The first-order valence-corrected chi connectivity index (χ1v) is 9.37. The van der Waals surface area contributed by atoms with Gasteiger partial charge in [0.05, 0.1) is 7.11 Å². The van der Waals surface area contributed by atoms with Crippen LogP contribution in [0, 0.1) is 0 Å². The predicted molar refractivity (Wildman–Crippen MR) is 105 cm³/mol. The lowest BCUT2D eigenvalue weighted by molar-refractivity contribution is -0.924. The molecule has 0 saturated heterocycles. The van der Waals surface area contributed by atoms with Crippen molar-refractivity contribution in [1.29, 1.82) is 0 Å². The number of carbonyl (C=O) groups excluding carboxylic acids is 2. The smallest absolute Gasteiger partial charge is 0.365 e. The predicted octanol–water partition coefficient (Wildman–Crippen LogP) is 1.93. The topological polar surface area (TPSA) is 59.8 Å². The first kappa shape index (κ1) is 19.1. The molecule has 0 saturated carbocycles. The van der Waals surface area contributed by atoms with Crippen LogP contribution in [0.1, 0.15) is 36.5 Å². The standard InChI is InChI=1S/C22H26N2O3/c1-15(2)18-10-6-7-11-19(18)23-21(25)14-24-13-17-9-5-4-8-16(17)12-20(24)22(26)27-3/h4-11,15,20H,12-14H2,1-3H3,(H,23,25)/p+1/t20-/m1/s1. The zero-order valence-electron chi connectivity index (χ0n) is 16.1. The van der Waals surface area contributed by atoms with Crippen LogP contribution in [0.25, 0.3) is 0 Å². The number of para-hydroxylation sites is 1. The SMILES string of the molecule is COC(=O)[C@H]1Cc2ccccc2C[NH+]1CC(=O)Nc1ccccc1C(C)C. The van der Waals surface area contributed by atoms with Gasteiger partial charge in [0.2, 0.25) is 0 Å². The number of carbonyl (C=O) groups is 2. The Kier molecular flexibility index (Phi) is 5.91. The van der Waals surface area contributed by atoms with E-state index < -0.39 is 0 Å². The van der Waals surface area contributed by atoms with Gasteiger partial charge < -0.3 is 15.0 Å². The number of benzene rings is 2. The first-order valence-electron chi connectivity index (χ1n) is 9.37. The quantitative estimate of drug-likeness (QED) is 0.794. The fraction of sp³-hybridized carbons (Fsp3) is 0.364. The minimum absolute atomic E-state index is 0.0913. The zero-order chi connectivity index (χ0) is 19.4. The largest absolute Gasteiger partial charge is 0.465 e. The maximum atomic E-state index is 12.7. The molecule has 0 radical (unpaired) electrons. The molecule has 2 aromatic carbocycles. The van der Waals surface area contributed by atoms with Crippen LogP contribution in [0.2, 0.25) is 0 Å². The average molecular weight is 367 g/mol. The summed E-state index contributed by atoms with van der Waals surface area (Å²) >= 11 is 0. The van der Waals surface area contributed by atoms with E-state index in [1.54, 1.807) is 0 Å². The maximum absolute atomic E-state index is 12.7. The van der Waals surface area contributed by atoms with Crippen molar-refractivity contribution in [2.75, 3.05) is 19.0 Å². The molecular weight excluding hydrogens is 340 g/mol. The van der Waals surface area contributed by atoms with Crippen LogP contribution in [-0.4, -0.2) is 31.6 Å². The van der Waals surface area contributed by atoms with Crippen molar-refractivity contribution >= 4 is 17.6 Å². The molecule has 1 unspecified atom stereocenters. The van der Waals surface area contributed by atoms with Crippen molar-refractivity contribution in [1.82, 2.24) is 0 Å². The monoisotopic (exact) mass is 367 g/mol. The van der Waals surface area contributed by atoms with Crippen LogP contribution in [0.15, 0.2) is 48.5 Å². The Bertz CT molecular complexity index is 832. The lowest BCUT2D eigenvalue weighted by Gasteiger charge is -2.31. The van der Waals surface area contributed by atoms with Gasteiger partial charge in [0.1, 0.15) is 6.54 Å². The molecule has 0 aliphatic carbocycles. The van der Waals surface area contributed by atoms with E-state index in [-0.39, 0.29) is 24.5 Å². The van der Waals surface area contributed by atoms with Crippen LogP contribution < -0.4 is 10.2 Å². The van der Waals surface area contributed by atoms with Crippen LogP contribution >= 0.6 is 0 Å². The van der Waals surface area contributed by atoms with E-state index in [1.807, 2.05) is 42.5 Å². The van der Waals surface area contributed by atoms with Gasteiger partial charge in [-0.15, -0.1) is 0 Å². The fourth-order valence-electron chi connectivity index (χ4n) is 3.75. The molecular formula is C22H27N2O3+. The second-order valence-electron chi connectivity index (χ2n) is 7.35. The summed E-state index contributed by atoms with van der Waals surface area (Å²) in [4.78, 5) is 26.0. The Morgan fingerprint density at radius 1 is 1.11 bits per heavy atom. The zero-order valence-corrected chi connectivity index (χ0v) is 16.1. The molecule has 0 aromatic heterocycles. The summed E-state index contributed by atoms with van der Waals surface area (Å²) in [5, 5.41) is 3.03. The molecule has 0 bridgehead atoms. The highest BCUT2D eigenvalue weighted by Gasteiger charge is 2.37. The molecule has 0 spiro atoms. The number of methoxy groups -OCH3 is 1. The number of ether oxygens (including phenoxy) is 1. The molecule has 5 nitrogen and oxygen atoms in total. The summed E-state index contributed by atoms with van der Waals surface area (Å²) in [6, 6.07) is 15.6. The van der Waals surface area contributed by atoms with Crippen molar-refractivity contribution in [2.24, 2.45) is 0 Å². The minimum atomic E-state index is -0.365. The fourth-order valence-corrected chi connectivity index (χ4v) is 3.75. The van der Waals surface area contributed by atoms with E-state index in [0.717, 1.165) is 21.7 Å². The number of hydrogen-bond acceptors (Lipinski definition) is 3. The number of esters is 1. The van der Waals surface area contributed by atoms with Gasteiger partial charge in [0, 0.05) is 17.7 Å². The molecule has 27 heavy (non-hydrogen) atoms. The second kappa shape index (κ2) is 8.35. The second-order valence-corrected chi connectivity index (χ2v) is 7.35. The lowest BCUT2D eigenvalue weighted by Crippen LogP contribution is -3.17. The Morgan fingerprint density at radius 2 is 1.78 bits per heavy atom. The van der Waals surface area contributed by atoms with Gasteiger partial charge in [0.25, 0.3) is 5.91 Å². The van der Waals surface area contributed by atoms with Crippen LogP contribution in [-0.2, 0) is 27.3 Å². The Labute approximate surface area is 160 Å². The van der Waals surface area contributed by atoms with Crippen LogP contribution in [0.5, 0.6) is 0 Å². The van der Waals surface area contributed by atoms with E-state index in [0.29, 0.717) is 18.9 Å². The minimum Gasteiger partial charge on any atom is -0.465 e. The third kappa shape index (κ3) is 4.37. The van der Waals surface area contributed by atoms with E-state index >= 15 is 0 Å². The maximum Gasteiger partial charge on any atom is 0.365 e.